The van der Waals surface area contributed by atoms with E-state index in [4.69, 9.17) is 0 Å². The first-order valence-corrected chi connectivity index (χ1v) is 8.27. The van der Waals surface area contributed by atoms with Gasteiger partial charge in [-0.25, -0.2) is 4.79 Å². The summed E-state index contributed by atoms with van der Waals surface area (Å²) in [5.74, 6) is -0.236. The van der Waals surface area contributed by atoms with E-state index in [9.17, 15) is 10.1 Å². The number of rotatable bonds is 3. The van der Waals surface area contributed by atoms with E-state index < -0.39 is 5.76 Å². The number of aromatic amines is 1. The minimum Gasteiger partial charge on any atom is -0.342 e. The monoisotopic (exact) mass is 394 g/mol. The first kappa shape index (κ1) is 15.4. The summed E-state index contributed by atoms with van der Waals surface area (Å²) in [5, 5.41) is 14.0. The van der Waals surface area contributed by atoms with Gasteiger partial charge in [0.25, 0.3) is 0 Å². The van der Waals surface area contributed by atoms with Crippen LogP contribution in [-0.4, -0.2) is 14.7 Å². The Balaban J connectivity index is 1.83. The van der Waals surface area contributed by atoms with Gasteiger partial charge in [0.1, 0.15) is 6.07 Å². The molecule has 0 unspecified atom stereocenters. The third-order valence-corrected chi connectivity index (χ3v) is 4.51. The second kappa shape index (κ2) is 6.07. The van der Waals surface area contributed by atoms with Crippen molar-refractivity contribution >= 4 is 26.8 Å². The van der Waals surface area contributed by atoms with E-state index in [2.05, 4.69) is 36.7 Å². The highest BCUT2D eigenvalue weighted by molar-refractivity contribution is 9.10. The molecule has 2 aromatic heterocycles. The van der Waals surface area contributed by atoms with Gasteiger partial charge < -0.3 is 4.57 Å². The molecule has 0 bridgehead atoms. The average Bonchev–Trinajstić information content (AvgIpc) is 3.20. The third-order valence-electron chi connectivity index (χ3n) is 3.98. The lowest BCUT2D eigenvalue weighted by Gasteiger charge is -2.06. The molecule has 0 fully saturated rings. The third kappa shape index (κ3) is 2.88. The molecule has 0 atom stereocenters. The molecule has 1 N–H and O–H groups in total. The van der Waals surface area contributed by atoms with E-state index in [1.807, 2.05) is 47.2 Å². The highest BCUT2D eigenvalue weighted by atomic mass is 79.9. The smallest absolute Gasteiger partial charge is 0.342 e. The number of fused-ring (bicyclic) bond motifs is 1. The molecular weight excluding hydrogens is 384 g/mol. The zero-order valence-electron chi connectivity index (χ0n) is 12.9. The summed E-state index contributed by atoms with van der Waals surface area (Å²) >= 11 is 3.43. The molecule has 2 aromatic carbocycles. The number of benzene rings is 2. The van der Waals surface area contributed by atoms with Crippen molar-refractivity contribution < 1.29 is 4.52 Å². The molecule has 0 aliphatic carbocycles. The van der Waals surface area contributed by atoms with Gasteiger partial charge in [-0.1, -0.05) is 45.4 Å². The topological polar surface area (TPSA) is 87.6 Å². The van der Waals surface area contributed by atoms with E-state index in [0.717, 1.165) is 26.5 Å². The lowest BCUT2D eigenvalue weighted by Crippen LogP contribution is -1.98. The Kier molecular flexibility index (Phi) is 3.75. The van der Waals surface area contributed by atoms with E-state index in [-0.39, 0.29) is 0 Å². The molecule has 4 rings (SSSR count). The fraction of sp³-hybridized carbons (Fsp3) is 0.0556. The Morgan fingerprint density at radius 2 is 2.04 bits per heavy atom. The SMILES string of the molecule is N#Cc1cn(Cc2ccc(Br)cc2)c2cc(-c3noc(=O)[nH]3)ccc12. The standard InChI is InChI=1S/C18H11BrN4O2/c19-14-4-1-11(2-5-14)9-23-10-13(8-20)15-6-3-12(7-16(15)23)17-21-18(24)25-22-17/h1-7,10H,9H2,(H,21,22,24). The fourth-order valence-corrected chi connectivity index (χ4v) is 3.06. The number of aromatic nitrogens is 3. The number of nitrogens with zero attached hydrogens (tertiary/aromatic N) is 3. The van der Waals surface area contributed by atoms with E-state index >= 15 is 0 Å². The lowest BCUT2D eigenvalue weighted by atomic mass is 10.1. The van der Waals surface area contributed by atoms with E-state index in [1.54, 1.807) is 6.07 Å². The molecule has 0 aliphatic heterocycles. The van der Waals surface area contributed by atoms with Crippen LogP contribution in [0, 0.1) is 11.3 Å². The molecule has 4 aromatic rings. The van der Waals surface area contributed by atoms with Crippen LogP contribution < -0.4 is 5.76 Å². The fourth-order valence-electron chi connectivity index (χ4n) is 2.80. The number of hydrogen-bond donors (Lipinski definition) is 1. The molecular formula is C18H11BrN4O2. The second-order valence-electron chi connectivity index (χ2n) is 5.58. The van der Waals surface area contributed by atoms with Crippen molar-refractivity contribution in [2.45, 2.75) is 6.54 Å². The van der Waals surface area contributed by atoms with Crippen LogP contribution >= 0.6 is 15.9 Å². The van der Waals surface area contributed by atoms with Gasteiger partial charge >= 0.3 is 5.76 Å². The lowest BCUT2D eigenvalue weighted by molar-refractivity contribution is 0.388. The van der Waals surface area contributed by atoms with Crippen molar-refractivity contribution in [3.05, 3.63) is 74.8 Å². The molecule has 0 radical (unpaired) electrons. The minimum atomic E-state index is -0.599. The molecule has 6 nitrogen and oxygen atoms in total. The van der Waals surface area contributed by atoms with Gasteiger partial charge in [-0.2, -0.15) is 5.26 Å². The largest absolute Gasteiger partial charge is 0.439 e. The van der Waals surface area contributed by atoms with Crippen LogP contribution in [0.5, 0.6) is 0 Å². The van der Waals surface area contributed by atoms with Gasteiger partial charge in [-0.05, 0) is 23.8 Å². The van der Waals surface area contributed by atoms with Crippen molar-refractivity contribution in [1.29, 1.82) is 5.26 Å². The molecule has 0 spiro atoms. The summed E-state index contributed by atoms with van der Waals surface area (Å²) < 4.78 is 7.60. The molecule has 122 valence electrons. The van der Waals surface area contributed by atoms with Crippen LogP contribution in [0.1, 0.15) is 11.1 Å². The Morgan fingerprint density at radius 3 is 2.72 bits per heavy atom. The number of hydrogen-bond acceptors (Lipinski definition) is 4. The Hall–Kier alpha value is -3.11. The Labute approximate surface area is 150 Å². The van der Waals surface area contributed by atoms with Crippen LogP contribution in [0.15, 0.2) is 62.5 Å². The summed E-state index contributed by atoms with van der Waals surface area (Å²) in [6.07, 6.45) is 1.84. The van der Waals surface area contributed by atoms with Crippen LogP contribution in [0.2, 0.25) is 0 Å². The molecule has 7 heteroatoms. The van der Waals surface area contributed by atoms with Crippen LogP contribution in [0.4, 0.5) is 0 Å². The first-order valence-electron chi connectivity index (χ1n) is 7.48. The Bertz CT molecular complexity index is 1160. The average molecular weight is 395 g/mol. The maximum atomic E-state index is 11.2. The summed E-state index contributed by atoms with van der Waals surface area (Å²) in [7, 11) is 0. The normalized spacial score (nSPS) is 10.9. The van der Waals surface area contributed by atoms with Crippen LogP contribution in [-0.2, 0) is 6.54 Å². The van der Waals surface area contributed by atoms with Gasteiger partial charge in [0, 0.05) is 28.2 Å². The van der Waals surface area contributed by atoms with E-state index in [1.165, 1.54) is 0 Å². The summed E-state index contributed by atoms with van der Waals surface area (Å²) in [5.41, 5.74) is 3.33. The highest BCUT2D eigenvalue weighted by Gasteiger charge is 2.12. The number of H-pyrrole nitrogens is 1. The highest BCUT2D eigenvalue weighted by Crippen LogP contribution is 2.26. The van der Waals surface area contributed by atoms with Crippen LogP contribution in [0.3, 0.4) is 0 Å². The molecule has 0 saturated heterocycles. The van der Waals surface area contributed by atoms with Gasteiger partial charge in [0.05, 0.1) is 11.1 Å². The minimum absolute atomic E-state index is 0.363. The molecule has 0 aliphatic rings. The maximum absolute atomic E-state index is 11.2. The quantitative estimate of drug-likeness (QED) is 0.574. The predicted molar refractivity (Wildman–Crippen MR) is 96.0 cm³/mol. The maximum Gasteiger partial charge on any atom is 0.439 e. The zero-order chi connectivity index (χ0) is 17.4. The van der Waals surface area contributed by atoms with Gasteiger partial charge in [-0.15, -0.1) is 0 Å². The zero-order valence-corrected chi connectivity index (χ0v) is 14.4. The van der Waals surface area contributed by atoms with Gasteiger partial charge in [0.15, 0.2) is 5.82 Å². The van der Waals surface area contributed by atoms with Crippen molar-refractivity contribution in [1.82, 2.24) is 14.7 Å². The van der Waals surface area contributed by atoms with Gasteiger partial charge in [0.2, 0.25) is 0 Å². The van der Waals surface area contributed by atoms with E-state index in [0.29, 0.717) is 17.9 Å². The summed E-state index contributed by atoms with van der Waals surface area (Å²) in [6, 6.07) is 15.8. The summed E-state index contributed by atoms with van der Waals surface area (Å²) in [6.45, 7) is 0.629. The first-order chi connectivity index (χ1) is 12.1. The number of nitrogens with one attached hydrogen (secondary N) is 1. The van der Waals surface area contributed by atoms with Crippen molar-refractivity contribution in [2.75, 3.05) is 0 Å². The molecule has 2 heterocycles. The van der Waals surface area contributed by atoms with Gasteiger partial charge in [-0.3, -0.25) is 9.51 Å². The number of halogens is 1. The van der Waals surface area contributed by atoms with Crippen LogP contribution in [0.25, 0.3) is 22.3 Å². The summed E-state index contributed by atoms with van der Waals surface area (Å²) in [4.78, 5) is 13.7. The molecule has 0 amide bonds. The second-order valence-corrected chi connectivity index (χ2v) is 6.50. The predicted octanol–water partition coefficient (Wildman–Crippen LogP) is 3.67. The molecule has 25 heavy (non-hydrogen) atoms. The van der Waals surface area contributed by atoms with Crippen molar-refractivity contribution in [3.63, 3.8) is 0 Å². The van der Waals surface area contributed by atoms with Crippen molar-refractivity contribution in [3.8, 4) is 17.5 Å². The Morgan fingerprint density at radius 1 is 1.24 bits per heavy atom. The number of nitriles is 1. The van der Waals surface area contributed by atoms with Crippen molar-refractivity contribution in [2.24, 2.45) is 0 Å². The molecule has 0 saturated carbocycles.